The van der Waals surface area contributed by atoms with Crippen molar-refractivity contribution in [3.63, 3.8) is 0 Å². The summed E-state index contributed by atoms with van der Waals surface area (Å²) in [7, 11) is 0. The molecule has 1 fully saturated rings. The first kappa shape index (κ1) is 13.3. The van der Waals surface area contributed by atoms with E-state index in [1.165, 1.54) is 6.07 Å². The molecule has 0 saturated carbocycles. The van der Waals surface area contributed by atoms with Gasteiger partial charge in [-0.05, 0) is 30.9 Å². The van der Waals surface area contributed by atoms with Gasteiger partial charge in [0.25, 0.3) is 0 Å². The first-order chi connectivity index (χ1) is 9.11. The number of carboxylic acids is 1. The van der Waals surface area contributed by atoms with Crippen LogP contribution >= 0.6 is 0 Å². The molecular weight excluding hydrogens is 247 g/mol. The van der Waals surface area contributed by atoms with Crippen molar-refractivity contribution in [3.8, 4) is 6.07 Å². The molecule has 100 valence electrons. The van der Waals surface area contributed by atoms with E-state index in [-0.39, 0.29) is 17.9 Å². The van der Waals surface area contributed by atoms with Crippen molar-refractivity contribution in [2.24, 2.45) is 5.92 Å². The topological polar surface area (TPSA) is 64.3 Å². The highest BCUT2D eigenvalue weighted by atomic mass is 19.1. The van der Waals surface area contributed by atoms with Gasteiger partial charge in [0.05, 0.1) is 5.69 Å². The van der Waals surface area contributed by atoms with Crippen LogP contribution in [0.25, 0.3) is 0 Å². The second kappa shape index (κ2) is 5.70. The summed E-state index contributed by atoms with van der Waals surface area (Å²) in [5.41, 5.74) is 0.607. The smallest absolute Gasteiger partial charge is 0.303 e. The molecule has 0 radical (unpaired) electrons. The van der Waals surface area contributed by atoms with Crippen LogP contribution in [0.1, 0.15) is 24.8 Å². The average molecular weight is 262 g/mol. The maximum Gasteiger partial charge on any atom is 0.303 e. The van der Waals surface area contributed by atoms with Crippen LogP contribution in [0, 0.1) is 23.1 Å². The fourth-order valence-corrected chi connectivity index (χ4v) is 2.58. The molecule has 1 heterocycles. The first-order valence-corrected chi connectivity index (χ1v) is 6.27. The van der Waals surface area contributed by atoms with Crippen LogP contribution in [0.4, 0.5) is 10.1 Å². The molecule has 4 nitrogen and oxygen atoms in total. The number of rotatable bonds is 3. The lowest BCUT2D eigenvalue weighted by atomic mass is 9.94. The van der Waals surface area contributed by atoms with E-state index in [1.54, 1.807) is 12.1 Å². The van der Waals surface area contributed by atoms with Crippen LogP contribution in [0.15, 0.2) is 18.2 Å². The number of halogens is 1. The van der Waals surface area contributed by atoms with Gasteiger partial charge in [0.1, 0.15) is 17.4 Å². The van der Waals surface area contributed by atoms with Gasteiger partial charge in [-0.25, -0.2) is 4.39 Å². The monoisotopic (exact) mass is 262 g/mol. The molecule has 0 aromatic heterocycles. The molecule has 0 bridgehead atoms. The summed E-state index contributed by atoms with van der Waals surface area (Å²) >= 11 is 0. The maximum absolute atomic E-state index is 13.6. The number of nitrogens with zero attached hydrogens (tertiary/aromatic N) is 2. The van der Waals surface area contributed by atoms with Gasteiger partial charge in [-0.3, -0.25) is 4.79 Å². The number of piperidine rings is 1. The summed E-state index contributed by atoms with van der Waals surface area (Å²) in [5.74, 6) is -1.28. The van der Waals surface area contributed by atoms with Gasteiger partial charge < -0.3 is 10.0 Å². The molecule has 1 saturated heterocycles. The average Bonchev–Trinajstić information content (AvgIpc) is 2.38. The molecule has 1 aliphatic heterocycles. The van der Waals surface area contributed by atoms with Crippen LogP contribution < -0.4 is 4.90 Å². The molecule has 0 spiro atoms. The molecule has 1 unspecified atom stereocenters. The van der Waals surface area contributed by atoms with E-state index in [2.05, 4.69) is 0 Å². The normalized spacial score (nSPS) is 18.9. The summed E-state index contributed by atoms with van der Waals surface area (Å²) in [6.45, 7) is 1.29. The van der Waals surface area contributed by atoms with Crippen LogP contribution in [0.2, 0.25) is 0 Å². The number of carbonyl (C=O) groups is 1. The number of anilines is 1. The molecule has 1 aliphatic rings. The Balaban J connectivity index is 2.20. The quantitative estimate of drug-likeness (QED) is 0.908. The lowest BCUT2D eigenvalue weighted by molar-refractivity contribution is -0.138. The fourth-order valence-electron chi connectivity index (χ4n) is 2.58. The third kappa shape index (κ3) is 3.02. The summed E-state index contributed by atoms with van der Waals surface area (Å²) < 4.78 is 13.6. The predicted molar refractivity (Wildman–Crippen MR) is 68.3 cm³/mol. The lowest BCUT2D eigenvalue weighted by Crippen LogP contribution is -2.36. The molecule has 1 atom stereocenters. The Morgan fingerprint density at radius 1 is 1.58 bits per heavy atom. The lowest BCUT2D eigenvalue weighted by Gasteiger charge is -2.34. The SMILES string of the molecule is N#Cc1c(F)cccc1N1CCCC(CC(=O)O)C1. The van der Waals surface area contributed by atoms with Gasteiger partial charge in [-0.15, -0.1) is 0 Å². The molecule has 5 heteroatoms. The third-order valence-corrected chi connectivity index (χ3v) is 3.43. The molecule has 0 amide bonds. The van der Waals surface area contributed by atoms with Gasteiger partial charge in [0.15, 0.2) is 0 Å². The largest absolute Gasteiger partial charge is 0.481 e. The van der Waals surface area contributed by atoms with E-state index in [4.69, 9.17) is 10.4 Å². The Morgan fingerprint density at radius 3 is 3.05 bits per heavy atom. The van der Waals surface area contributed by atoms with Crippen LogP contribution in [0.3, 0.4) is 0 Å². The molecular formula is C14H15FN2O2. The number of aliphatic carboxylic acids is 1. The number of benzene rings is 1. The minimum atomic E-state index is -0.813. The molecule has 1 aromatic rings. The summed E-state index contributed by atoms with van der Waals surface area (Å²) in [4.78, 5) is 12.7. The first-order valence-electron chi connectivity index (χ1n) is 6.27. The zero-order valence-corrected chi connectivity index (χ0v) is 10.5. The van der Waals surface area contributed by atoms with Crippen LogP contribution in [-0.2, 0) is 4.79 Å². The van der Waals surface area contributed by atoms with E-state index < -0.39 is 11.8 Å². The molecule has 0 aliphatic carbocycles. The number of carboxylic acid groups (broad SMARTS) is 1. The Hall–Kier alpha value is -2.09. The van der Waals surface area contributed by atoms with Crippen LogP contribution in [0.5, 0.6) is 0 Å². The minimum absolute atomic E-state index is 0.0403. The third-order valence-electron chi connectivity index (χ3n) is 3.43. The summed E-state index contributed by atoms with van der Waals surface area (Å²) in [6.07, 6.45) is 1.84. The van der Waals surface area contributed by atoms with E-state index in [9.17, 15) is 9.18 Å². The molecule has 1 N–H and O–H groups in total. The van der Waals surface area contributed by atoms with Gasteiger partial charge in [-0.1, -0.05) is 6.07 Å². The van der Waals surface area contributed by atoms with Crippen molar-refractivity contribution in [3.05, 3.63) is 29.6 Å². The van der Waals surface area contributed by atoms with Gasteiger partial charge in [0, 0.05) is 19.5 Å². The van der Waals surface area contributed by atoms with Gasteiger partial charge in [-0.2, -0.15) is 5.26 Å². The number of hydrogen-bond acceptors (Lipinski definition) is 3. The van der Waals surface area contributed by atoms with E-state index in [0.29, 0.717) is 12.2 Å². The highest BCUT2D eigenvalue weighted by Gasteiger charge is 2.24. The van der Waals surface area contributed by atoms with Crippen molar-refractivity contribution in [2.75, 3.05) is 18.0 Å². The Kier molecular flexibility index (Phi) is 4.00. The molecule has 1 aromatic carbocycles. The molecule has 2 rings (SSSR count). The van der Waals surface area contributed by atoms with Crippen molar-refractivity contribution in [2.45, 2.75) is 19.3 Å². The summed E-state index contributed by atoms with van der Waals surface area (Å²) in [6, 6.07) is 6.44. The number of nitriles is 1. The van der Waals surface area contributed by atoms with Gasteiger partial charge >= 0.3 is 5.97 Å². The highest BCUT2D eigenvalue weighted by Crippen LogP contribution is 2.28. The zero-order valence-electron chi connectivity index (χ0n) is 10.5. The van der Waals surface area contributed by atoms with E-state index in [0.717, 1.165) is 19.4 Å². The molecule has 19 heavy (non-hydrogen) atoms. The predicted octanol–water partition coefficient (Wildman–Crippen LogP) is 2.39. The Morgan fingerprint density at radius 2 is 2.37 bits per heavy atom. The Labute approximate surface area is 111 Å². The Bertz CT molecular complexity index is 525. The van der Waals surface area contributed by atoms with Crippen molar-refractivity contribution < 1.29 is 14.3 Å². The summed E-state index contributed by atoms with van der Waals surface area (Å²) in [5, 5.41) is 17.9. The zero-order chi connectivity index (χ0) is 13.8. The second-order valence-electron chi connectivity index (χ2n) is 4.80. The van der Waals surface area contributed by atoms with Gasteiger partial charge in [0.2, 0.25) is 0 Å². The number of hydrogen-bond donors (Lipinski definition) is 1. The van der Waals surface area contributed by atoms with E-state index >= 15 is 0 Å². The maximum atomic E-state index is 13.6. The van der Waals surface area contributed by atoms with Crippen molar-refractivity contribution in [1.29, 1.82) is 5.26 Å². The second-order valence-corrected chi connectivity index (χ2v) is 4.80. The van der Waals surface area contributed by atoms with Crippen molar-refractivity contribution >= 4 is 11.7 Å². The van der Waals surface area contributed by atoms with Crippen LogP contribution in [-0.4, -0.2) is 24.2 Å². The fraction of sp³-hybridized carbons (Fsp3) is 0.429. The standard InChI is InChI=1S/C14H15FN2O2/c15-12-4-1-5-13(11(12)8-16)17-6-2-3-10(9-17)7-14(18)19/h1,4-5,10H,2-3,6-7,9H2,(H,18,19). The van der Waals surface area contributed by atoms with Crippen molar-refractivity contribution in [1.82, 2.24) is 0 Å². The highest BCUT2D eigenvalue weighted by molar-refractivity contribution is 5.67. The van der Waals surface area contributed by atoms with E-state index in [1.807, 2.05) is 11.0 Å². The minimum Gasteiger partial charge on any atom is -0.481 e.